The van der Waals surface area contributed by atoms with Gasteiger partial charge < -0.3 is 20.1 Å². The van der Waals surface area contributed by atoms with Gasteiger partial charge in [0.1, 0.15) is 5.60 Å². The van der Waals surface area contributed by atoms with Crippen LogP contribution in [0.3, 0.4) is 0 Å². The molecule has 1 atom stereocenters. The Balaban J connectivity index is 2.53. The van der Waals surface area contributed by atoms with Crippen molar-refractivity contribution in [2.45, 2.75) is 65.0 Å². The van der Waals surface area contributed by atoms with E-state index in [9.17, 15) is 14.4 Å². The molecule has 2 amide bonds. The number of piperidine rings is 1. The number of nitrogens with zero attached hydrogens (tertiary/aromatic N) is 1. The zero-order valence-electron chi connectivity index (χ0n) is 14.4. The van der Waals surface area contributed by atoms with Crippen LogP contribution in [0.1, 0.15) is 53.4 Å². The maximum absolute atomic E-state index is 11.9. The summed E-state index contributed by atoms with van der Waals surface area (Å²) < 4.78 is 5.19. The first kappa shape index (κ1) is 19.3. The molecule has 0 aliphatic carbocycles. The number of likely N-dealkylation sites (tertiary alicyclic amines) is 1. The lowest BCUT2D eigenvalue weighted by atomic mass is 9.89. The predicted molar refractivity (Wildman–Crippen MR) is 85.0 cm³/mol. The number of aliphatic carboxylic acids is 1. The first-order valence-electron chi connectivity index (χ1n) is 8.03. The number of amides is 2. The quantitative estimate of drug-likeness (QED) is 0.805. The molecular formula is C16H28N2O5. The molecule has 1 heterocycles. The molecule has 0 radical (unpaired) electrons. The highest BCUT2D eigenvalue weighted by Gasteiger charge is 2.27. The van der Waals surface area contributed by atoms with Crippen LogP contribution < -0.4 is 5.32 Å². The summed E-state index contributed by atoms with van der Waals surface area (Å²) in [4.78, 5) is 36.0. The van der Waals surface area contributed by atoms with Gasteiger partial charge in [-0.3, -0.25) is 9.59 Å². The zero-order chi connectivity index (χ0) is 17.6. The van der Waals surface area contributed by atoms with E-state index in [0.29, 0.717) is 25.4 Å². The summed E-state index contributed by atoms with van der Waals surface area (Å²) >= 11 is 0. The van der Waals surface area contributed by atoms with Gasteiger partial charge in [-0.05, 0) is 46.0 Å². The lowest BCUT2D eigenvalue weighted by molar-refractivity contribution is -0.137. The summed E-state index contributed by atoms with van der Waals surface area (Å²) in [6, 6.07) is -0.462. The van der Waals surface area contributed by atoms with Crippen LogP contribution in [0, 0.1) is 5.92 Å². The Morgan fingerprint density at radius 3 is 2.26 bits per heavy atom. The predicted octanol–water partition coefficient (Wildman–Crippen LogP) is 2.00. The van der Waals surface area contributed by atoms with Crippen molar-refractivity contribution in [2.75, 3.05) is 13.1 Å². The fraction of sp³-hybridized carbons (Fsp3) is 0.812. The molecule has 1 aliphatic rings. The van der Waals surface area contributed by atoms with Gasteiger partial charge in [-0.15, -0.1) is 0 Å². The summed E-state index contributed by atoms with van der Waals surface area (Å²) in [5.74, 6) is -0.588. The molecule has 1 aliphatic heterocycles. The Labute approximate surface area is 137 Å². The Morgan fingerprint density at radius 2 is 1.83 bits per heavy atom. The van der Waals surface area contributed by atoms with E-state index in [-0.39, 0.29) is 12.3 Å². The molecule has 0 unspecified atom stereocenters. The third-order valence-corrected chi connectivity index (χ3v) is 3.82. The van der Waals surface area contributed by atoms with Crippen molar-refractivity contribution < 1.29 is 24.2 Å². The number of carboxylic acids is 1. The molecule has 23 heavy (non-hydrogen) atoms. The van der Waals surface area contributed by atoms with Gasteiger partial charge in [0.25, 0.3) is 0 Å². The van der Waals surface area contributed by atoms with E-state index in [2.05, 4.69) is 5.32 Å². The molecular weight excluding hydrogens is 300 g/mol. The second-order valence-electron chi connectivity index (χ2n) is 7.13. The minimum atomic E-state index is -0.952. The van der Waals surface area contributed by atoms with Crippen molar-refractivity contribution in [2.24, 2.45) is 5.92 Å². The number of carbonyl (C=O) groups excluding carboxylic acids is 2. The number of alkyl carbamates (subject to hydrolysis) is 1. The van der Waals surface area contributed by atoms with Gasteiger partial charge in [0.05, 0.1) is 6.42 Å². The second kappa shape index (κ2) is 8.17. The second-order valence-corrected chi connectivity index (χ2v) is 7.13. The van der Waals surface area contributed by atoms with Gasteiger partial charge in [0.15, 0.2) is 0 Å². The highest BCUT2D eigenvalue weighted by atomic mass is 16.6. The molecule has 1 rings (SSSR count). The molecule has 0 aromatic rings. The highest BCUT2D eigenvalue weighted by molar-refractivity contribution is 5.73. The topological polar surface area (TPSA) is 95.9 Å². The standard InChI is InChI=1S/C16H28N2O5/c1-11(19)18-7-5-12(6-8-18)9-13(10-14(20)21)17-15(22)23-16(2,3)4/h12-13H,5-10H2,1-4H3,(H,17,22)(H,20,21)/t13-/m1/s1. The van der Waals surface area contributed by atoms with Crippen molar-refractivity contribution in [3.8, 4) is 0 Å². The molecule has 0 saturated carbocycles. The van der Waals surface area contributed by atoms with Crippen molar-refractivity contribution >= 4 is 18.0 Å². The van der Waals surface area contributed by atoms with E-state index in [4.69, 9.17) is 9.84 Å². The largest absolute Gasteiger partial charge is 0.481 e. The summed E-state index contributed by atoms with van der Waals surface area (Å²) in [5.41, 5.74) is -0.620. The normalized spacial score (nSPS) is 17.5. The van der Waals surface area contributed by atoms with E-state index < -0.39 is 23.7 Å². The summed E-state index contributed by atoms with van der Waals surface area (Å²) in [6.45, 7) is 8.21. The average molecular weight is 328 g/mol. The number of rotatable bonds is 5. The minimum absolute atomic E-state index is 0.0671. The van der Waals surface area contributed by atoms with Gasteiger partial charge in [-0.2, -0.15) is 0 Å². The van der Waals surface area contributed by atoms with Crippen molar-refractivity contribution in [1.29, 1.82) is 0 Å². The molecule has 132 valence electrons. The van der Waals surface area contributed by atoms with Crippen LogP contribution in [0.15, 0.2) is 0 Å². The van der Waals surface area contributed by atoms with Gasteiger partial charge >= 0.3 is 12.1 Å². The van der Waals surface area contributed by atoms with Crippen LogP contribution >= 0.6 is 0 Å². The third-order valence-electron chi connectivity index (χ3n) is 3.82. The maximum Gasteiger partial charge on any atom is 0.407 e. The van der Waals surface area contributed by atoms with Crippen molar-refractivity contribution in [3.05, 3.63) is 0 Å². The SMILES string of the molecule is CC(=O)N1CCC(C[C@H](CC(=O)O)NC(=O)OC(C)(C)C)CC1. The lowest BCUT2D eigenvalue weighted by Crippen LogP contribution is -2.43. The Morgan fingerprint density at radius 1 is 1.26 bits per heavy atom. The van der Waals surface area contributed by atoms with Crippen LogP contribution in [-0.4, -0.2) is 52.7 Å². The van der Waals surface area contributed by atoms with Crippen LogP contribution in [0.25, 0.3) is 0 Å². The molecule has 0 aromatic heterocycles. The molecule has 1 fully saturated rings. The van der Waals surface area contributed by atoms with Gasteiger partial charge in [0, 0.05) is 26.1 Å². The molecule has 2 N–H and O–H groups in total. The molecule has 7 nitrogen and oxygen atoms in total. The minimum Gasteiger partial charge on any atom is -0.481 e. The fourth-order valence-corrected chi connectivity index (χ4v) is 2.76. The van der Waals surface area contributed by atoms with E-state index in [1.807, 2.05) is 0 Å². The number of carboxylic acid groups (broad SMARTS) is 1. The monoisotopic (exact) mass is 328 g/mol. The summed E-state index contributed by atoms with van der Waals surface area (Å²) in [5, 5.41) is 11.7. The average Bonchev–Trinajstić information content (AvgIpc) is 2.35. The third kappa shape index (κ3) is 7.85. The van der Waals surface area contributed by atoms with Gasteiger partial charge in [-0.1, -0.05) is 0 Å². The molecule has 0 spiro atoms. The van der Waals surface area contributed by atoms with Gasteiger partial charge in [0.2, 0.25) is 5.91 Å². The number of hydrogen-bond acceptors (Lipinski definition) is 4. The van der Waals surface area contributed by atoms with Gasteiger partial charge in [-0.25, -0.2) is 4.79 Å². The van der Waals surface area contributed by atoms with Crippen LogP contribution in [-0.2, 0) is 14.3 Å². The lowest BCUT2D eigenvalue weighted by Gasteiger charge is -2.33. The maximum atomic E-state index is 11.9. The van der Waals surface area contributed by atoms with Crippen LogP contribution in [0.4, 0.5) is 4.79 Å². The van der Waals surface area contributed by atoms with Crippen LogP contribution in [0.2, 0.25) is 0 Å². The molecule has 0 aromatic carbocycles. The summed E-state index contributed by atoms with van der Waals surface area (Å²) in [7, 11) is 0. The van der Waals surface area contributed by atoms with Crippen molar-refractivity contribution in [1.82, 2.24) is 10.2 Å². The first-order valence-corrected chi connectivity index (χ1v) is 8.03. The van der Waals surface area contributed by atoms with E-state index in [0.717, 1.165) is 12.8 Å². The first-order chi connectivity index (χ1) is 10.6. The van der Waals surface area contributed by atoms with E-state index in [1.165, 1.54) is 0 Å². The van der Waals surface area contributed by atoms with Crippen LogP contribution in [0.5, 0.6) is 0 Å². The smallest absolute Gasteiger partial charge is 0.407 e. The Hall–Kier alpha value is -1.79. The highest BCUT2D eigenvalue weighted by Crippen LogP contribution is 2.23. The van der Waals surface area contributed by atoms with Crippen molar-refractivity contribution in [3.63, 3.8) is 0 Å². The molecule has 0 bridgehead atoms. The van der Waals surface area contributed by atoms with E-state index in [1.54, 1.807) is 32.6 Å². The Kier molecular flexibility index (Phi) is 6.84. The van der Waals surface area contributed by atoms with E-state index >= 15 is 0 Å². The number of ether oxygens (including phenoxy) is 1. The number of hydrogen-bond donors (Lipinski definition) is 2. The summed E-state index contributed by atoms with van der Waals surface area (Å²) in [6.07, 6.45) is 1.51. The molecule has 7 heteroatoms. The number of carbonyl (C=O) groups is 3. The molecule has 1 saturated heterocycles. The zero-order valence-corrected chi connectivity index (χ0v) is 14.4. The fourth-order valence-electron chi connectivity index (χ4n) is 2.76. The Bertz CT molecular complexity index is 436. The number of nitrogens with one attached hydrogen (secondary N) is 1.